The number of alkyl halides is 1. The lowest BCUT2D eigenvalue weighted by Gasteiger charge is -2.22. The fraction of sp³-hybridized carbons (Fsp3) is 0.294. The van der Waals surface area contributed by atoms with Crippen LogP contribution in [-0.4, -0.2) is 6.61 Å². The number of rotatable bonds is 5. The van der Waals surface area contributed by atoms with Crippen LogP contribution in [0.1, 0.15) is 35.7 Å². The molecule has 0 aliphatic rings. The summed E-state index contributed by atoms with van der Waals surface area (Å²) in [6.45, 7) is 4.91. The van der Waals surface area contributed by atoms with Gasteiger partial charge in [0.2, 0.25) is 0 Å². The van der Waals surface area contributed by atoms with Gasteiger partial charge >= 0.3 is 0 Å². The van der Waals surface area contributed by atoms with Crippen LogP contribution in [0.2, 0.25) is 0 Å². The largest absolute Gasteiger partial charge is 0.494 e. The van der Waals surface area contributed by atoms with Gasteiger partial charge in [0.25, 0.3) is 0 Å². The third-order valence-corrected chi connectivity index (χ3v) is 5.11. The Morgan fingerprint density at radius 1 is 1.10 bits per heavy atom. The Labute approximate surface area is 137 Å². The van der Waals surface area contributed by atoms with Gasteiger partial charge in [-0.05, 0) is 36.6 Å². The summed E-state index contributed by atoms with van der Waals surface area (Å²) in [5, 5.41) is 0. The summed E-state index contributed by atoms with van der Waals surface area (Å²) < 4.78 is 6.82. The molecule has 0 aromatic heterocycles. The van der Waals surface area contributed by atoms with Gasteiger partial charge in [-0.3, -0.25) is 0 Å². The highest BCUT2D eigenvalue weighted by Crippen LogP contribution is 2.42. The lowest BCUT2D eigenvalue weighted by Crippen LogP contribution is -2.05. The van der Waals surface area contributed by atoms with E-state index >= 15 is 0 Å². The maximum Gasteiger partial charge on any atom is 0.123 e. The fourth-order valence-electron chi connectivity index (χ4n) is 2.22. The van der Waals surface area contributed by atoms with Gasteiger partial charge in [0.1, 0.15) is 5.75 Å². The van der Waals surface area contributed by atoms with E-state index in [0.717, 1.165) is 10.2 Å². The second kappa shape index (κ2) is 7.28. The first-order valence-electron chi connectivity index (χ1n) is 6.74. The molecule has 0 heterocycles. The molecule has 0 saturated carbocycles. The lowest BCUT2D eigenvalue weighted by molar-refractivity contribution is 0.335. The Kier molecular flexibility index (Phi) is 5.67. The van der Waals surface area contributed by atoms with Crippen LogP contribution in [0.3, 0.4) is 0 Å². The van der Waals surface area contributed by atoms with E-state index in [2.05, 4.69) is 69.1 Å². The average Bonchev–Trinajstić information content (AvgIpc) is 2.48. The topological polar surface area (TPSA) is 9.23 Å². The van der Waals surface area contributed by atoms with Crippen LogP contribution >= 0.6 is 31.9 Å². The van der Waals surface area contributed by atoms with E-state index in [4.69, 9.17) is 4.74 Å². The van der Waals surface area contributed by atoms with Crippen molar-refractivity contribution in [3.8, 4) is 5.75 Å². The molecule has 0 bridgehead atoms. The van der Waals surface area contributed by atoms with Gasteiger partial charge < -0.3 is 4.74 Å². The van der Waals surface area contributed by atoms with Gasteiger partial charge in [-0.15, -0.1) is 0 Å². The van der Waals surface area contributed by atoms with E-state index in [9.17, 15) is 0 Å². The molecule has 0 aliphatic carbocycles. The molecule has 0 N–H and O–H groups in total. The van der Waals surface area contributed by atoms with E-state index in [0.29, 0.717) is 12.5 Å². The Hall–Kier alpha value is -0.800. The molecule has 20 heavy (non-hydrogen) atoms. The molecule has 106 valence electrons. The Balaban J connectivity index is 2.32. The second-order valence-electron chi connectivity index (χ2n) is 4.72. The van der Waals surface area contributed by atoms with Crippen LogP contribution in [0.25, 0.3) is 0 Å². The molecular weight excluding hydrogens is 380 g/mol. The summed E-state index contributed by atoms with van der Waals surface area (Å²) in [5.74, 6) is 1.31. The quantitative estimate of drug-likeness (QED) is 0.554. The van der Waals surface area contributed by atoms with Crippen molar-refractivity contribution in [2.45, 2.75) is 24.6 Å². The highest BCUT2D eigenvalue weighted by Gasteiger charge is 2.21. The van der Waals surface area contributed by atoms with Crippen LogP contribution in [0.15, 0.2) is 53.0 Å². The molecule has 2 atom stereocenters. The van der Waals surface area contributed by atoms with Crippen molar-refractivity contribution in [1.29, 1.82) is 0 Å². The summed E-state index contributed by atoms with van der Waals surface area (Å²) in [6, 6.07) is 16.7. The summed E-state index contributed by atoms with van der Waals surface area (Å²) in [6.07, 6.45) is 0. The molecule has 0 saturated heterocycles. The van der Waals surface area contributed by atoms with Crippen molar-refractivity contribution in [3.63, 3.8) is 0 Å². The first-order valence-corrected chi connectivity index (χ1v) is 8.45. The highest BCUT2D eigenvalue weighted by molar-refractivity contribution is 9.10. The summed E-state index contributed by atoms with van der Waals surface area (Å²) >= 11 is 7.39. The van der Waals surface area contributed by atoms with Gasteiger partial charge in [0.15, 0.2) is 0 Å². The molecule has 0 radical (unpaired) electrons. The SMILES string of the molecule is CCOc1ccc(Br)cc1C(Br)C(C)c1ccccc1. The predicted molar refractivity (Wildman–Crippen MR) is 91.8 cm³/mol. The molecule has 3 heteroatoms. The highest BCUT2D eigenvalue weighted by atomic mass is 79.9. The molecule has 1 nitrogen and oxygen atoms in total. The van der Waals surface area contributed by atoms with Gasteiger partial charge in [0, 0.05) is 14.9 Å². The van der Waals surface area contributed by atoms with Crippen molar-refractivity contribution >= 4 is 31.9 Å². The number of hydrogen-bond acceptors (Lipinski definition) is 1. The number of benzene rings is 2. The first kappa shape index (κ1) is 15.6. The zero-order valence-corrected chi connectivity index (χ0v) is 14.8. The van der Waals surface area contributed by atoms with Crippen molar-refractivity contribution in [3.05, 3.63) is 64.1 Å². The first-order chi connectivity index (χ1) is 9.63. The summed E-state index contributed by atoms with van der Waals surface area (Å²) in [4.78, 5) is 0.212. The monoisotopic (exact) mass is 396 g/mol. The van der Waals surface area contributed by atoms with Crippen LogP contribution in [0.5, 0.6) is 5.75 Å². The smallest absolute Gasteiger partial charge is 0.123 e. The Morgan fingerprint density at radius 2 is 1.80 bits per heavy atom. The van der Waals surface area contributed by atoms with Gasteiger partial charge in [0.05, 0.1) is 6.61 Å². The maximum atomic E-state index is 5.75. The second-order valence-corrected chi connectivity index (χ2v) is 6.62. The molecule has 0 amide bonds. The normalized spacial score (nSPS) is 13.8. The molecule has 0 spiro atoms. The predicted octanol–water partition coefficient (Wildman–Crippen LogP) is 6.09. The summed E-state index contributed by atoms with van der Waals surface area (Å²) in [5.41, 5.74) is 2.49. The standard InChI is InChI=1S/C17H18Br2O/c1-3-20-16-10-9-14(18)11-15(16)17(19)12(2)13-7-5-4-6-8-13/h4-12,17H,3H2,1-2H3. The molecule has 2 unspecified atom stereocenters. The average molecular weight is 398 g/mol. The van der Waals surface area contributed by atoms with Gasteiger partial charge in [-0.25, -0.2) is 0 Å². The Bertz CT molecular complexity index is 554. The minimum Gasteiger partial charge on any atom is -0.494 e. The molecule has 2 aromatic rings. The van der Waals surface area contributed by atoms with Crippen molar-refractivity contribution < 1.29 is 4.74 Å². The van der Waals surface area contributed by atoms with Crippen LogP contribution in [0.4, 0.5) is 0 Å². The van der Waals surface area contributed by atoms with Gasteiger partial charge in [-0.2, -0.15) is 0 Å². The molecular formula is C17H18Br2O. The zero-order valence-electron chi connectivity index (χ0n) is 11.6. The van der Waals surface area contributed by atoms with E-state index < -0.39 is 0 Å². The molecule has 0 fully saturated rings. The molecule has 0 aliphatic heterocycles. The van der Waals surface area contributed by atoms with Crippen LogP contribution in [0, 0.1) is 0 Å². The van der Waals surface area contributed by atoms with E-state index in [1.165, 1.54) is 11.1 Å². The third-order valence-electron chi connectivity index (χ3n) is 3.33. The number of halogens is 2. The molecule has 2 rings (SSSR count). The van der Waals surface area contributed by atoms with Gasteiger partial charge in [-0.1, -0.05) is 69.1 Å². The summed E-state index contributed by atoms with van der Waals surface area (Å²) in [7, 11) is 0. The Morgan fingerprint density at radius 3 is 2.45 bits per heavy atom. The lowest BCUT2D eigenvalue weighted by atomic mass is 9.93. The minimum absolute atomic E-state index is 0.212. The fourth-order valence-corrected chi connectivity index (χ4v) is 3.26. The van der Waals surface area contributed by atoms with E-state index in [1.807, 2.05) is 25.1 Å². The number of hydrogen-bond donors (Lipinski definition) is 0. The van der Waals surface area contributed by atoms with E-state index in [1.54, 1.807) is 0 Å². The third kappa shape index (κ3) is 3.64. The van der Waals surface area contributed by atoms with E-state index in [-0.39, 0.29) is 4.83 Å². The van der Waals surface area contributed by atoms with Crippen molar-refractivity contribution in [1.82, 2.24) is 0 Å². The minimum atomic E-state index is 0.212. The van der Waals surface area contributed by atoms with Crippen LogP contribution < -0.4 is 4.74 Å². The van der Waals surface area contributed by atoms with Crippen molar-refractivity contribution in [2.75, 3.05) is 6.61 Å². The van der Waals surface area contributed by atoms with Crippen LogP contribution in [-0.2, 0) is 0 Å². The van der Waals surface area contributed by atoms with Crippen molar-refractivity contribution in [2.24, 2.45) is 0 Å². The number of ether oxygens (including phenoxy) is 1. The molecule has 2 aromatic carbocycles. The maximum absolute atomic E-state index is 5.75. The zero-order chi connectivity index (χ0) is 14.5.